The van der Waals surface area contributed by atoms with Gasteiger partial charge in [0.2, 0.25) is 0 Å². The number of hydrazone groups is 1. The first kappa shape index (κ1) is 13.0. The summed E-state index contributed by atoms with van der Waals surface area (Å²) in [6.07, 6.45) is 0.811. The van der Waals surface area contributed by atoms with Crippen molar-refractivity contribution in [1.29, 1.82) is 0 Å². The Morgan fingerprint density at radius 1 is 1.15 bits per heavy atom. The van der Waals surface area contributed by atoms with Crippen LogP contribution < -0.4 is 0 Å². The smallest absolute Gasteiger partial charge is 0.115 e. The molecule has 0 bridgehead atoms. The molecule has 0 saturated heterocycles. The Balaban J connectivity index is 1.87. The Morgan fingerprint density at radius 2 is 1.85 bits per heavy atom. The van der Waals surface area contributed by atoms with Gasteiger partial charge >= 0.3 is 0 Å². The van der Waals surface area contributed by atoms with Crippen LogP contribution in [-0.4, -0.2) is 22.9 Å². The second-order valence-corrected chi connectivity index (χ2v) is 5.32. The maximum absolute atomic E-state index is 9.35. The first-order valence-corrected chi connectivity index (χ1v) is 6.87. The van der Waals surface area contributed by atoms with Crippen LogP contribution in [0.2, 0.25) is 5.02 Å². The SMILES string of the molecule is CN1N=C(c2ccc(O)cc2)CC1c1ccccc1Cl. The number of aromatic hydroxyl groups is 1. The van der Waals surface area contributed by atoms with E-state index in [1.54, 1.807) is 12.1 Å². The van der Waals surface area contributed by atoms with Crippen LogP contribution in [-0.2, 0) is 0 Å². The lowest BCUT2D eigenvalue weighted by molar-refractivity contribution is 0.290. The summed E-state index contributed by atoms with van der Waals surface area (Å²) in [5.74, 6) is 0.267. The third-order valence-corrected chi connectivity index (χ3v) is 3.93. The highest BCUT2D eigenvalue weighted by Crippen LogP contribution is 2.34. The van der Waals surface area contributed by atoms with Crippen LogP contribution in [0.1, 0.15) is 23.6 Å². The summed E-state index contributed by atoms with van der Waals surface area (Å²) in [7, 11) is 1.96. The molecule has 1 aliphatic heterocycles. The van der Waals surface area contributed by atoms with E-state index >= 15 is 0 Å². The average Bonchev–Trinajstić information content (AvgIpc) is 2.82. The van der Waals surface area contributed by atoms with Crippen molar-refractivity contribution in [3.63, 3.8) is 0 Å². The molecule has 0 amide bonds. The van der Waals surface area contributed by atoms with E-state index in [1.807, 2.05) is 48.5 Å². The summed E-state index contributed by atoms with van der Waals surface area (Å²) >= 11 is 6.27. The van der Waals surface area contributed by atoms with E-state index in [0.29, 0.717) is 0 Å². The third-order valence-electron chi connectivity index (χ3n) is 3.58. The third kappa shape index (κ3) is 2.37. The predicted molar refractivity (Wildman–Crippen MR) is 81.2 cm³/mol. The average molecular weight is 287 g/mol. The molecule has 4 heteroatoms. The fourth-order valence-electron chi connectivity index (χ4n) is 2.50. The number of rotatable bonds is 2. The van der Waals surface area contributed by atoms with Crippen LogP contribution in [0.25, 0.3) is 0 Å². The Hall–Kier alpha value is -2.00. The van der Waals surface area contributed by atoms with Crippen LogP contribution >= 0.6 is 11.6 Å². The van der Waals surface area contributed by atoms with Crippen molar-refractivity contribution in [3.05, 3.63) is 64.7 Å². The van der Waals surface area contributed by atoms with E-state index in [1.165, 1.54) is 0 Å². The lowest BCUT2D eigenvalue weighted by Gasteiger charge is -2.20. The predicted octanol–water partition coefficient (Wildman–Crippen LogP) is 3.83. The Labute approximate surface area is 123 Å². The van der Waals surface area contributed by atoms with Crippen LogP contribution in [0.5, 0.6) is 5.75 Å². The molecule has 1 N–H and O–H groups in total. The Bertz CT molecular complexity index is 652. The van der Waals surface area contributed by atoms with Gasteiger partial charge in [-0.05, 0) is 41.5 Å². The van der Waals surface area contributed by atoms with Gasteiger partial charge in [-0.1, -0.05) is 29.8 Å². The molecule has 0 fully saturated rings. The molecule has 1 unspecified atom stereocenters. The van der Waals surface area contributed by atoms with Crippen molar-refractivity contribution in [2.75, 3.05) is 7.05 Å². The largest absolute Gasteiger partial charge is 0.508 e. The summed E-state index contributed by atoms with van der Waals surface area (Å²) in [6.45, 7) is 0. The minimum atomic E-state index is 0.160. The quantitative estimate of drug-likeness (QED) is 0.911. The summed E-state index contributed by atoms with van der Waals surface area (Å²) in [5.41, 5.74) is 3.14. The molecule has 2 aromatic rings. The van der Waals surface area contributed by atoms with Crippen molar-refractivity contribution in [2.45, 2.75) is 12.5 Å². The molecule has 1 heterocycles. The second kappa shape index (κ2) is 5.17. The Kier molecular flexibility index (Phi) is 3.36. The van der Waals surface area contributed by atoms with Gasteiger partial charge in [-0.3, -0.25) is 5.01 Å². The molecule has 102 valence electrons. The van der Waals surface area contributed by atoms with Crippen LogP contribution in [0.3, 0.4) is 0 Å². The molecule has 20 heavy (non-hydrogen) atoms. The van der Waals surface area contributed by atoms with E-state index in [-0.39, 0.29) is 11.8 Å². The first-order chi connectivity index (χ1) is 9.65. The van der Waals surface area contributed by atoms with Crippen LogP contribution in [0.4, 0.5) is 0 Å². The highest BCUT2D eigenvalue weighted by molar-refractivity contribution is 6.31. The molecule has 0 aromatic heterocycles. The van der Waals surface area contributed by atoms with Gasteiger partial charge in [-0.15, -0.1) is 0 Å². The summed E-state index contributed by atoms with van der Waals surface area (Å²) in [5, 5.41) is 16.7. The number of phenols is 1. The molecular formula is C16H15ClN2O. The molecule has 2 aromatic carbocycles. The van der Waals surface area contributed by atoms with Crippen LogP contribution in [0.15, 0.2) is 53.6 Å². The minimum absolute atomic E-state index is 0.160. The zero-order valence-corrected chi connectivity index (χ0v) is 11.9. The summed E-state index contributed by atoms with van der Waals surface area (Å²) in [4.78, 5) is 0. The van der Waals surface area contributed by atoms with Crippen molar-refractivity contribution in [1.82, 2.24) is 5.01 Å². The number of benzene rings is 2. The monoisotopic (exact) mass is 286 g/mol. The lowest BCUT2D eigenvalue weighted by Crippen LogP contribution is -2.14. The molecule has 3 nitrogen and oxygen atoms in total. The molecule has 0 aliphatic carbocycles. The van der Waals surface area contributed by atoms with E-state index in [4.69, 9.17) is 11.6 Å². The Morgan fingerprint density at radius 3 is 2.55 bits per heavy atom. The fraction of sp³-hybridized carbons (Fsp3) is 0.188. The minimum Gasteiger partial charge on any atom is -0.508 e. The zero-order chi connectivity index (χ0) is 14.1. The number of nitrogens with zero attached hydrogens (tertiary/aromatic N) is 2. The van der Waals surface area contributed by atoms with Gasteiger partial charge < -0.3 is 5.11 Å². The van der Waals surface area contributed by atoms with E-state index in [9.17, 15) is 5.11 Å². The maximum atomic E-state index is 9.35. The topological polar surface area (TPSA) is 35.8 Å². The van der Waals surface area contributed by atoms with Crippen LogP contribution in [0, 0.1) is 0 Å². The number of halogens is 1. The van der Waals surface area contributed by atoms with Gasteiger partial charge in [0.15, 0.2) is 0 Å². The molecule has 1 aliphatic rings. The standard InChI is InChI=1S/C16H15ClN2O/c1-19-16(13-4-2-3-5-14(13)17)10-15(18-19)11-6-8-12(20)9-7-11/h2-9,16,20H,10H2,1H3. The van der Waals surface area contributed by atoms with Gasteiger partial charge in [-0.2, -0.15) is 5.10 Å². The molecule has 0 radical (unpaired) electrons. The van der Waals surface area contributed by atoms with E-state index in [0.717, 1.165) is 28.3 Å². The van der Waals surface area contributed by atoms with Crippen molar-refractivity contribution in [3.8, 4) is 5.75 Å². The normalized spacial score (nSPS) is 18.2. The van der Waals surface area contributed by atoms with E-state index < -0.39 is 0 Å². The lowest BCUT2D eigenvalue weighted by atomic mass is 9.98. The maximum Gasteiger partial charge on any atom is 0.115 e. The van der Waals surface area contributed by atoms with Gasteiger partial charge in [-0.25, -0.2) is 0 Å². The molecule has 1 atom stereocenters. The van der Waals surface area contributed by atoms with Gasteiger partial charge in [0.05, 0.1) is 11.8 Å². The fourth-order valence-corrected chi connectivity index (χ4v) is 2.76. The highest BCUT2D eigenvalue weighted by Gasteiger charge is 2.27. The van der Waals surface area contributed by atoms with E-state index in [2.05, 4.69) is 5.10 Å². The summed E-state index contributed by atoms with van der Waals surface area (Å²) in [6, 6.07) is 15.2. The second-order valence-electron chi connectivity index (χ2n) is 4.91. The number of hydrogen-bond acceptors (Lipinski definition) is 3. The highest BCUT2D eigenvalue weighted by atomic mass is 35.5. The van der Waals surface area contributed by atoms with Gasteiger partial charge in [0, 0.05) is 18.5 Å². The van der Waals surface area contributed by atoms with Crippen molar-refractivity contribution < 1.29 is 5.11 Å². The van der Waals surface area contributed by atoms with Crippen molar-refractivity contribution in [2.24, 2.45) is 5.10 Å². The zero-order valence-electron chi connectivity index (χ0n) is 11.1. The van der Waals surface area contributed by atoms with Gasteiger partial charge in [0.1, 0.15) is 5.75 Å². The summed E-state index contributed by atoms with van der Waals surface area (Å²) < 4.78 is 0. The molecule has 0 spiro atoms. The first-order valence-electron chi connectivity index (χ1n) is 6.49. The molecular weight excluding hydrogens is 272 g/mol. The van der Waals surface area contributed by atoms with Gasteiger partial charge in [0.25, 0.3) is 0 Å². The van der Waals surface area contributed by atoms with Crippen molar-refractivity contribution >= 4 is 17.3 Å². The molecule has 0 saturated carbocycles. The number of hydrogen-bond donors (Lipinski definition) is 1. The molecule has 3 rings (SSSR count). The number of phenolic OH excluding ortho intramolecular Hbond substituents is 1.